The summed E-state index contributed by atoms with van der Waals surface area (Å²) in [7, 11) is 0. The summed E-state index contributed by atoms with van der Waals surface area (Å²) in [5.74, 6) is -2.55. The fourth-order valence-electron chi connectivity index (χ4n) is 2.01. The van der Waals surface area contributed by atoms with E-state index < -0.39 is 17.5 Å². The third-order valence-corrected chi connectivity index (χ3v) is 3.03. The molecule has 0 aliphatic heterocycles. The molecule has 0 aromatic heterocycles. The molecule has 1 nitrogen and oxygen atoms in total. The zero-order chi connectivity index (χ0) is 14.5. The molecule has 1 N–H and O–H groups in total. The van der Waals surface area contributed by atoms with E-state index in [1.807, 2.05) is 6.92 Å². The Morgan fingerprint density at radius 1 is 0.950 bits per heavy atom. The van der Waals surface area contributed by atoms with Crippen molar-refractivity contribution in [2.75, 3.05) is 6.54 Å². The lowest BCUT2D eigenvalue weighted by Gasteiger charge is -2.08. The normalized spacial score (nSPS) is 10.8. The zero-order valence-corrected chi connectivity index (χ0v) is 11.2. The molecule has 2 rings (SSSR count). The molecule has 0 radical (unpaired) electrons. The van der Waals surface area contributed by atoms with Crippen molar-refractivity contribution in [3.63, 3.8) is 0 Å². The molecule has 0 aliphatic rings. The maximum atomic E-state index is 14.0. The summed E-state index contributed by atoms with van der Waals surface area (Å²) in [6, 6.07) is 8.29. The predicted octanol–water partition coefficient (Wildman–Crippen LogP) is 4.27. The van der Waals surface area contributed by atoms with Crippen LogP contribution in [0.15, 0.2) is 36.4 Å². The van der Waals surface area contributed by atoms with Crippen LogP contribution in [-0.4, -0.2) is 6.54 Å². The molecule has 4 heteroatoms. The molecule has 0 amide bonds. The van der Waals surface area contributed by atoms with Crippen molar-refractivity contribution >= 4 is 0 Å². The number of hydrogen-bond acceptors (Lipinski definition) is 1. The lowest BCUT2D eigenvalue weighted by Crippen LogP contribution is -2.13. The van der Waals surface area contributed by atoms with Crippen molar-refractivity contribution in [1.82, 2.24) is 5.32 Å². The van der Waals surface area contributed by atoms with Gasteiger partial charge in [-0.3, -0.25) is 0 Å². The van der Waals surface area contributed by atoms with Gasteiger partial charge in [-0.2, -0.15) is 0 Å². The Bertz CT molecular complexity index is 596. The van der Waals surface area contributed by atoms with Gasteiger partial charge in [0.15, 0.2) is 11.6 Å². The molecule has 0 heterocycles. The van der Waals surface area contributed by atoms with Crippen LogP contribution in [0.25, 0.3) is 11.1 Å². The molecule has 0 saturated carbocycles. The van der Waals surface area contributed by atoms with Gasteiger partial charge in [-0.25, -0.2) is 13.2 Å². The molecule has 0 saturated heterocycles. The first kappa shape index (κ1) is 14.6. The van der Waals surface area contributed by atoms with Gasteiger partial charge in [-0.15, -0.1) is 0 Å². The summed E-state index contributed by atoms with van der Waals surface area (Å²) in [5, 5.41) is 3.16. The first-order valence-electron chi connectivity index (χ1n) is 6.57. The van der Waals surface area contributed by atoms with Crippen LogP contribution in [0.2, 0.25) is 0 Å². The minimum atomic E-state index is -1.02. The van der Waals surface area contributed by atoms with Gasteiger partial charge in [0.2, 0.25) is 0 Å². The average Bonchev–Trinajstić information content (AvgIpc) is 2.43. The molecule has 0 bridgehead atoms. The quantitative estimate of drug-likeness (QED) is 0.806. The lowest BCUT2D eigenvalue weighted by molar-refractivity contribution is 0.510. The summed E-state index contributed by atoms with van der Waals surface area (Å²) < 4.78 is 40.9. The molecule has 0 spiro atoms. The molecular weight excluding hydrogens is 263 g/mol. The highest BCUT2D eigenvalue weighted by Crippen LogP contribution is 2.27. The maximum Gasteiger partial charge on any atom is 0.166 e. The minimum absolute atomic E-state index is 0.0597. The highest BCUT2D eigenvalue weighted by molar-refractivity contribution is 5.65. The Labute approximate surface area is 116 Å². The summed E-state index contributed by atoms with van der Waals surface area (Å²) in [6.45, 7) is 3.45. The Kier molecular flexibility index (Phi) is 4.79. The van der Waals surface area contributed by atoms with E-state index in [2.05, 4.69) is 5.32 Å². The van der Waals surface area contributed by atoms with Gasteiger partial charge in [0.1, 0.15) is 5.82 Å². The SMILES string of the molecule is CCCNCc1ccc(-c2cccc(F)c2F)c(F)c1. The van der Waals surface area contributed by atoms with Gasteiger partial charge in [0, 0.05) is 17.7 Å². The molecule has 2 aromatic carbocycles. The summed E-state index contributed by atoms with van der Waals surface area (Å²) in [4.78, 5) is 0. The zero-order valence-electron chi connectivity index (χ0n) is 11.2. The van der Waals surface area contributed by atoms with Crippen LogP contribution in [0.1, 0.15) is 18.9 Å². The molecule has 0 unspecified atom stereocenters. The number of rotatable bonds is 5. The van der Waals surface area contributed by atoms with Gasteiger partial charge in [0.25, 0.3) is 0 Å². The Morgan fingerprint density at radius 3 is 2.45 bits per heavy atom. The fourth-order valence-corrected chi connectivity index (χ4v) is 2.01. The van der Waals surface area contributed by atoms with E-state index in [1.165, 1.54) is 24.3 Å². The molecular formula is C16H16F3N. The van der Waals surface area contributed by atoms with Crippen molar-refractivity contribution in [1.29, 1.82) is 0 Å². The van der Waals surface area contributed by atoms with E-state index in [1.54, 1.807) is 6.07 Å². The van der Waals surface area contributed by atoms with Gasteiger partial charge in [-0.05, 0) is 30.7 Å². The van der Waals surface area contributed by atoms with Gasteiger partial charge < -0.3 is 5.32 Å². The second-order valence-electron chi connectivity index (χ2n) is 4.59. The Morgan fingerprint density at radius 2 is 1.75 bits per heavy atom. The molecule has 2 aromatic rings. The largest absolute Gasteiger partial charge is 0.313 e. The first-order valence-corrected chi connectivity index (χ1v) is 6.57. The van der Waals surface area contributed by atoms with Crippen molar-refractivity contribution in [3.05, 3.63) is 59.4 Å². The molecule has 20 heavy (non-hydrogen) atoms. The lowest BCUT2D eigenvalue weighted by atomic mass is 10.0. The monoisotopic (exact) mass is 279 g/mol. The molecule has 0 aliphatic carbocycles. The molecule has 106 valence electrons. The van der Waals surface area contributed by atoms with Crippen LogP contribution < -0.4 is 5.32 Å². The minimum Gasteiger partial charge on any atom is -0.313 e. The number of benzene rings is 2. The van der Waals surface area contributed by atoms with Gasteiger partial charge >= 0.3 is 0 Å². The number of halogens is 3. The predicted molar refractivity (Wildman–Crippen MR) is 73.7 cm³/mol. The third-order valence-electron chi connectivity index (χ3n) is 3.03. The topological polar surface area (TPSA) is 12.0 Å². The third kappa shape index (κ3) is 3.20. The standard InChI is InChI=1S/C16H16F3N/c1-2-8-20-10-11-6-7-12(15(18)9-11)13-4-3-5-14(17)16(13)19/h3-7,9,20H,2,8,10H2,1H3. The second kappa shape index (κ2) is 6.57. The highest BCUT2D eigenvalue weighted by atomic mass is 19.2. The van der Waals surface area contributed by atoms with Crippen LogP contribution in [0, 0.1) is 17.5 Å². The summed E-state index contributed by atoms with van der Waals surface area (Å²) >= 11 is 0. The van der Waals surface area contributed by atoms with Gasteiger partial charge in [-0.1, -0.05) is 31.2 Å². The van der Waals surface area contributed by atoms with Crippen molar-refractivity contribution in [2.24, 2.45) is 0 Å². The second-order valence-corrected chi connectivity index (χ2v) is 4.59. The van der Waals surface area contributed by atoms with Crippen molar-refractivity contribution in [2.45, 2.75) is 19.9 Å². The fraction of sp³-hybridized carbons (Fsp3) is 0.250. The van der Waals surface area contributed by atoms with E-state index in [0.29, 0.717) is 6.54 Å². The summed E-state index contributed by atoms with van der Waals surface area (Å²) in [6.07, 6.45) is 0.995. The first-order chi connectivity index (χ1) is 9.63. The van der Waals surface area contributed by atoms with E-state index in [0.717, 1.165) is 24.6 Å². The van der Waals surface area contributed by atoms with Crippen molar-refractivity contribution < 1.29 is 13.2 Å². The van der Waals surface area contributed by atoms with Crippen molar-refractivity contribution in [3.8, 4) is 11.1 Å². The molecule has 0 fully saturated rings. The van der Waals surface area contributed by atoms with Crippen LogP contribution in [0.3, 0.4) is 0 Å². The van der Waals surface area contributed by atoms with Gasteiger partial charge in [0.05, 0.1) is 0 Å². The van der Waals surface area contributed by atoms with Crippen LogP contribution in [0.4, 0.5) is 13.2 Å². The number of hydrogen-bond donors (Lipinski definition) is 1. The summed E-state index contributed by atoms with van der Waals surface area (Å²) in [5.41, 5.74) is 0.785. The van der Waals surface area contributed by atoms with Crippen LogP contribution >= 0.6 is 0 Å². The maximum absolute atomic E-state index is 14.0. The number of nitrogens with one attached hydrogen (secondary N) is 1. The Hall–Kier alpha value is -1.81. The van der Waals surface area contributed by atoms with Crippen LogP contribution in [-0.2, 0) is 6.54 Å². The van der Waals surface area contributed by atoms with E-state index in [9.17, 15) is 13.2 Å². The average molecular weight is 279 g/mol. The molecule has 0 atom stereocenters. The van der Waals surface area contributed by atoms with E-state index in [4.69, 9.17) is 0 Å². The Balaban J connectivity index is 2.27. The van der Waals surface area contributed by atoms with E-state index >= 15 is 0 Å². The highest BCUT2D eigenvalue weighted by Gasteiger charge is 2.13. The smallest absolute Gasteiger partial charge is 0.166 e. The van der Waals surface area contributed by atoms with E-state index in [-0.39, 0.29) is 11.1 Å². The van der Waals surface area contributed by atoms with Crippen LogP contribution in [0.5, 0.6) is 0 Å².